The third-order valence-corrected chi connectivity index (χ3v) is 5.37. The summed E-state index contributed by atoms with van der Waals surface area (Å²) in [7, 11) is 0. The number of amides is 3. The molecule has 2 saturated heterocycles. The summed E-state index contributed by atoms with van der Waals surface area (Å²) >= 11 is 0. The summed E-state index contributed by atoms with van der Waals surface area (Å²) in [5.41, 5.74) is 5.42. The van der Waals surface area contributed by atoms with E-state index in [1.54, 1.807) is 11.0 Å². The fourth-order valence-electron chi connectivity index (χ4n) is 3.74. The molecule has 0 aliphatic carbocycles. The molecule has 1 aromatic rings. The van der Waals surface area contributed by atoms with Crippen molar-refractivity contribution in [3.63, 3.8) is 0 Å². The Hall–Kier alpha value is -2.90. The van der Waals surface area contributed by atoms with Crippen LogP contribution >= 0.6 is 0 Å². The number of pyridine rings is 1. The second kappa shape index (κ2) is 8.86. The van der Waals surface area contributed by atoms with Crippen molar-refractivity contribution in [1.29, 1.82) is 0 Å². The first kappa shape index (κ1) is 19.9. The van der Waals surface area contributed by atoms with Gasteiger partial charge in [-0.05, 0) is 25.0 Å². The minimum atomic E-state index is -0.591. The van der Waals surface area contributed by atoms with Gasteiger partial charge in [-0.25, -0.2) is 0 Å². The van der Waals surface area contributed by atoms with Gasteiger partial charge in [-0.1, -0.05) is 6.58 Å². The third-order valence-electron chi connectivity index (χ3n) is 5.37. The summed E-state index contributed by atoms with van der Waals surface area (Å²) in [5.74, 6) is 0.0488. The number of hydrogen-bond acceptors (Lipinski definition) is 5. The number of nitrogens with zero attached hydrogens (tertiary/aromatic N) is 3. The lowest BCUT2D eigenvalue weighted by atomic mass is 9.94. The van der Waals surface area contributed by atoms with Crippen LogP contribution < -0.4 is 10.5 Å². The number of carbonyl (C=O) groups is 3. The van der Waals surface area contributed by atoms with E-state index in [4.69, 9.17) is 10.5 Å². The normalized spacial score (nSPS) is 18.6. The van der Waals surface area contributed by atoms with Gasteiger partial charge in [0.25, 0.3) is 5.91 Å². The highest BCUT2D eigenvalue weighted by molar-refractivity contribution is 5.91. The maximum atomic E-state index is 12.8. The summed E-state index contributed by atoms with van der Waals surface area (Å²) in [6.07, 6.45) is 5.66. The summed E-state index contributed by atoms with van der Waals surface area (Å²) in [6.45, 7) is 6.00. The predicted molar refractivity (Wildman–Crippen MR) is 102 cm³/mol. The van der Waals surface area contributed by atoms with Crippen LogP contribution in [0.15, 0.2) is 31.0 Å². The van der Waals surface area contributed by atoms with E-state index < -0.39 is 5.91 Å². The van der Waals surface area contributed by atoms with E-state index in [-0.39, 0.29) is 29.5 Å². The van der Waals surface area contributed by atoms with E-state index in [2.05, 4.69) is 11.6 Å². The molecule has 0 aromatic carbocycles. The van der Waals surface area contributed by atoms with Crippen LogP contribution in [0.25, 0.3) is 0 Å². The lowest BCUT2D eigenvalue weighted by Crippen LogP contribution is -2.47. The average molecular weight is 386 g/mol. The molecule has 2 N–H and O–H groups in total. The molecular weight excluding hydrogens is 360 g/mol. The van der Waals surface area contributed by atoms with Crippen molar-refractivity contribution >= 4 is 17.7 Å². The van der Waals surface area contributed by atoms with E-state index in [1.165, 1.54) is 18.3 Å². The van der Waals surface area contributed by atoms with Crippen LogP contribution in [0.2, 0.25) is 0 Å². The molecule has 8 heteroatoms. The minimum absolute atomic E-state index is 0.0146. The minimum Gasteiger partial charge on any atom is -0.490 e. The van der Waals surface area contributed by atoms with Crippen LogP contribution in [-0.2, 0) is 9.59 Å². The fraction of sp³-hybridized carbons (Fsp3) is 0.500. The molecule has 150 valence electrons. The molecule has 8 nitrogen and oxygen atoms in total. The zero-order chi connectivity index (χ0) is 20.1. The SMILES string of the molecule is C=CC(=O)N1CCC(C(=O)N2CCC(Oc3ccnc(C(N)=O)c3)CC2)CC1. The van der Waals surface area contributed by atoms with E-state index in [1.807, 2.05) is 4.90 Å². The zero-order valence-electron chi connectivity index (χ0n) is 15.9. The van der Waals surface area contributed by atoms with Crippen molar-refractivity contribution < 1.29 is 19.1 Å². The number of aromatic nitrogens is 1. The highest BCUT2D eigenvalue weighted by atomic mass is 16.5. The molecule has 2 aliphatic rings. The Labute approximate surface area is 164 Å². The Morgan fingerprint density at radius 3 is 2.36 bits per heavy atom. The molecule has 3 heterocycles. The Kier molecular flexibility index (Phi) is 6.28. The molecule has 0 radical (unpaired) electrons. The molecule has 3 amide bonds. The van der Waals surface area contributed by atoms with Gasteiger partial charge >= 0.3 is 0 Å². The van der Waals surface area contributed by atoms with Crippen LogP contribution in [0.4, 0.5) is 0 Å². The van der Waals surface area contributed by atoms with Gasteiger partial charge in [0.2, 0.25) is 11.8 Å². The molecule has 3 rings (SSSR count). The van der Waals surface area contributed by atoms with Crippen molar-refractivity contribution in [3.05, 3.63) is 36.7 Å². The highest BCUT2D eigenvalue weighted by Gasteiger charge is 2.32. The van der Waals surface area contributed by atoms with Gasteiger partial charge in [-0.15, -0.1) is 0 Å². The van der Waals surface area contributed by atoms with Crippen molar-refractivity contribution in [1.82, 2.24) is 14.8 Å². The van der Waals surface area contributed by atoms with Gasteiger partial charge in [0.1, 0.15) is 17.5 Å². The topological polar surface area (TPSA) is 106 Å². The highest BCUT2D eigenvalue weighted by Crippen LogP contribution is 2.24. The van der Waals surface area contributed by atoms with Crippen molar-refractivity contribution in [3.8, 4) is 5.75 Å². The number of nitrogens with two attached hydrogens (primary N) is 1. The number of primary amides is 1. The Morgan fingerprint density at radius 1 is 1.11 bits per heavy atom. The van der Waals surface area contributed by atoms with E-state index in [0.717, 1.165) is 12.8 Å². The van der Waals surface area contributed by atoms with Gasteiger partial charge in [0.15, 0.2) is 0 Å². The number of likely N-dealkylation sites (tertiary alicyclic amines) is 2. The van der Waals surface area contributed by atoms with Crippen LogP contribution in [0.3, 0.4) is 0 Å². The van der Waals surface area contributed by atoms with Crippen LogP contribution in [-0.4, -0.2) is 64.8 Å². The molecular formula is C20H26N4O4. The number of hydrogen-bond donors (Lipinski definition) is 1. The second-order valence-electron chi connectivity index (χ2n) is 7.19. The van der Waals surface area contributed by atoms with Crippen molar-refractivity contribution in [2.75, 3.05) is 26.2 Å². The Bertz CT molecular complexity index is 750. The Morgan fingerprint density at radius 2 is 1.75 bits per heavy atom. The predicted octanol–water partition coefficient (Wildman–Crippen LogP) is 0.975. The van der Waals surface area contributed by atoms with Crippen LogP contribution in [0, 0.1) is 5.92 Å². The maximum Gasteiger partial charge on any atom is 0.267 e. The smallest absolute Gasteiger partial charge is 0.267 e. The Balaban J connectivity index is 1.47. The third kappa shape index (κ3) is 4.68. The number of ether oxygens (including phenoxy) is 1. The van der Waals surface area contributed by atoms with Gasteiger partial charge < -0.3 is 20.3 Å². The van der Waals surface area contributed by atoms with Gasteiger partial charge in [-0.2, -0.15) is 0 Å². The molecule has 0 atom stereocenters. The van der Waals surface area contributed by atoms with Crippen LogP contribution in [0.5, 0.6) is 5.75 Å². The van der Waals surface area contributed by atoms with Crippen LogP contribution in [0.1, 0.15) is 36.2 Å². The first-order valence-electron chi connectivity index (χ1n) is 9.60. The molecule has 2 aliphatic heterocycles. The molecule has 0 saturated carbocycles. The van der Waals surface area contributed by atoms with Gasteiger partial charge in [0, 0.05) is 57.2 Å². The van der Waals surface area contributed by atoms with E-state index in [0.29, 0.717) is 44.8 Å². The standard InChI is InChI=1S/C20H26N4O4/c1-2-18(25)23-9-4-14(5-10-23)20(27)24-11-6-15(7-12-24)28-16-3-8-22-17(13-16)19(21)26/h2-3,8,13-15H,1,4-7,9-12H2,(H2,21,26). The second-order valence-corrected chi connectivity index (χ2v) is 7.19. The van der Waals surface area contributed by atoms with Crippen molar-refractivity contribution in [2.24, 2.45) is 11.7 Å². The first-order chi connectivity index (χ1) is 13.5. The largest absolute Gasteiger partial charge is 0.490 e. The average Bonchev–Trinajstić information content (AvgIpc) is 2.73. The summed E-state index contributed by atoms with van der Waals surface area (Å²) in [5, 5.41) is 0. The van der Waals surface area contributed by atoms with E-state index in [9.17, 15) is 14.4 Å². The monoisotopic (exact) mass is 386 g/mol. The van der Waals surface area contributed by atoms with Gasteiger partial charge in [0.05, 0.1) is 0 Å². The lowest BCUT2D eigenvalue weighted by molar-refractivity contribution is -0.140. The number of piperidine rings is 2. The molecule has 1 aromatic heterocycles. The fourth-order valence-corrected chi connectivity index (χ4v) is 3.74. The number of rotatable bonds is 5. The zero-order valence-corrected chi connectivity index (χ0v) is 15.9. The lowest BCUT2D eigenvalue weighted by Gasteiger charge is -2.37. The molecule has 0 bridgehead atoms. The summed E-state index contributed by atoms with van der Waals surface area (Å²) < 4.78 is 5.93. The summed E-state index contributed by atoms with van der Waals surface area (Å²) in [4.78, 5) is 43.2. The quantitative estimate of drug-likeness (QED) is 0.759. The number of carbonyl (C=O) groups excluding carboxylic acids is 3. The molecule has 28 heavy (non-hydrogen) atoms. The van der Waals surface area contributed by atoms with E-state index >= 15 is 0 Å². The first-order valence-corrected chi connectivity index (χ1v) is 9.60. The van der Waals surface area contributed by atoms with Gasteiger partial charge in [-0.3, -0.25) is 19.4 Å². The summed E-state index contributed by atoms with van der Waals surface area (Å²) in [6, 6.07) is 3.24. The molecule has 2 fully saturated rings. The maximum absolute atomic E-state index is 12.8. The molecule has 0 spiro atoms. The van der Waals surface area contributed by atoms with Crippen molar-refractivity contribution in [2.45, 2.75) is 31.8 Å². The molecule has 0 unspecified atom stereocenters.